The summed E-state index contributed by atoms with van der Waals surface area (Å²) in [6, 6.07) is 0.372. The van der Waals surface area contributed by atoms with Crippen molar-refractivity contribution < 1.29 is 4.79 Å². The maximum absolute atomic E-state index is 11.9. The van der Waals surface area contributed by atoms with E-state index in [-0.39, 0.29) is 5.91 Å². The van der Waals surface area contributed by atoms with Crippen LogP contribution in [-0.4, -0.2) is 25.0 Å². The molecular weight excluding hydrogens is 212 g/mol. The SMILES string of the molecule is CC1CCCC(CC(=O)N[C@H]2CCCNC2)C1. The van der Waals surface area contributed by atoms with Crippen LogP contribution in [-0.2, 0) is 4.79 Å². The summed E-state index contributed by atoms with van der Waals surface area (Å²) in [5.41, 5.74) is 0. The summed E-state index contributed by atoms with van der Waals surface area (Å²) in [5, 5.41) is 6.52. The molecule has 98 valence electrons. The summed E-state index contributed by atoms with van der Waals surface area (Å²) in [6.45, 7) is 4.37. The van der Waals surface area contributed by atoms with Crippen molar-refractivity contribution in [2.24, 2.45) is 11.8 Å². The molecule has 3 nitrogen and oxygen atoms in total. The van der Waals surface area contributed by atoms with Gasteiger partial charge in [-0.05, 0) is 44.1 Å². The standard InChI is InChI=1S/C14H26N2O/c1-11-4-2-5-12(8-11)9-14(17)16-13-6-3-7-15-10-13/h11-13,15H,2-10H2,1H3,(H,16,17)/t11?,12?,13-/m0/s1. The largest absolute Gasteiger partial charge is 0.352 e. The van der Waals surface area contributed by atoms with Crippen LogP contribution in [0.15, 0.2) is 0 Å². The Balaban J connectivity index is 1.68. The van der Waals surface area contributed by atoms with Gasteiger partial charge in [0.05, 0.1) is 0 Å². The average Bonchev–Trinajstić information content (AvgIpc) is 2.30. The smallest absolute Gasteiger partial charge is 0.220 e. The van der Waals surface area contributed by atoms with E-state index in [9.17, 15) is 4.79 Å². The van der Waals surface area contributed by atoms with Crippen molar-refractivity contribution in [1.82, 2.24) is 10.6 Å². The van der Waals surface area contributed by atoms with E-state index < -0.39 is 0 Å². The van der Waals surface area contributed by atoms with Crippen molar-refractivity contribution in [3.8, 4) is 0 Å². The van der Waals surface area contributed by atoms with Crippen LogP contribution in [0.25, 0.3) is 0 Å². The van der Waals surface area contributed by atoms with Gasteiger partial charge in [0, 0.05) is 19.0 Å². The highest BCUT2D eigenvalue weighted by molar-refractivity contribution is 5.76. The Bertz CT molecular complexity index is 249. The fourth-order valence-electron chi connectivity index (χ4n) is 3.27. The van der Waals surface area contributed by atoms with Gasteiger partial charge in [-0.2, -0.15) is 0 Å². The zero-order valence-electron chi connectivity index (χ0n) is 11.0. The molecule has 1 aliphatic heterocycles. The second kappa shape index (κ2) is 6.39. The highest BCUT2D eigenvalue weighted by Gasteiger charge is 2.22. The van der Waals surface area contributed by atoms with Crippen LogP contribution in [0.4, 0.5) is 0 Å². The molecule has 0 spiro atoms. The molecule has 0 bridgehead atoms. The van der Waals surface area contributed by atoms with Crippen molar-refractivity contribution in [3.05, 3.63) is 0 Å². The summed E-state index contributed by atoms with van der Waals surface area (Å²) in [7, 11) is 0. The Morgan fingerprint density at radius 1 is 1.29 bits per heavy atom. The third-order valence-corrected chi connectivity index (χ3v) is 4.18. The van der Waals surface area contributed by atoms with Gasteiger partial charge < -0.3 is 10.6 Å². The fraction of sp³-hybridized carbons (Fsp3) is 0.929. The maximum Gasteiger partial charge on any atom is 0.220 e. The molecule has 2 N–H and O–H groups in total. The Kier molecular flexibility index (Phi) is 4.84. The van der Waals surface area contributed by atoms with Crippen LogP contribution in [0.2, 0.25) is 0 Å². The van der Waals surface area contributed by atoms with Crippen LogP contribution >= 0.6 is 0 Å². The fourth-order valence-corrected chi connectivity index (χ4v) is 3.27. The first kappa shape index (κ1) is 12.9. The molecule has 1 heterocycles. The van der Waals surface area contributed by atoms with Gasteiger partial charge in [-0.25, -0.2) is 0 Å². The third-order valence-electron chi connectivity index (χ3n) is 4.18. The zero-order valence-corrected chi connectivity index (χ0v) is 11.0. The monoisotopic (exact) mass is 238 g/mol. The molecule has 1 aliphatic carbocycles. The number of carbonyl (C=O) groups excluding carboxylic acids is 1. The number of hydrogen-bond donors (Lipinski definition) is 2. The molecule has 2 rings (SSSR count). The Labute approximate surface area is 105 Å². The van der Waals surface area contributed by atoms with Crippen LogP contribution in [0.1, 0.15) is 51.9 Å². The van der Waals surface area contributed by atoms with Gasteiger partial charge in [0.2, 0.25) is 5.91 Å². The Morgan fingerprint density at radius 3 is 2.88 bits per heavy atom. The van der Waals surface area contributed by atoms with Gasteiger partial charge in [-0.15, -0.1) is 0 Å². The summed E-state index contributed by atoms with van der Waals surface area (Å²) < 4.78 is 0. The van der Waals surface area contributed by atoms with E-state index >= 15 is 0 Å². The summed E-state index contributed by atoms with van der Waals surface area (Å²) >= 11 is 0. The van der Waals surface area contributed by atoms with Crippen molar-refractivity contribution >= 4 is 5.91 Å². The normalized spacial score (nSPS) is 34.3. The highest BCUT2D eigenvalue weighted by Crippen LogP contribution is 2.30. The molecule has 0 aromatic rings. The number of carbonyl (C=O) groups is 1. The molecule has 17 heavy (non-hydrogen) atoms. The van der Waals surface area contributed by atoms with Crippen molar-refractivity contribution in [2.45, 2.75) is 57.9 Å². The maximum atomic E-state index is 11.9. The van der Waals surface area contributed by atoms with E-state index in [0.717, 1.165) is 31.8 Å². The lowest BCUT2D eigenvalue weighted by Crippen LogP contribution is -2.46. The zero-order chi connectivity index (χ0) is 12.1. The number of amides is 1. The molecule has 0 radical (unpaired) electrons. The Morgan fingerprint density at radius 2 is 2.18 bits per heavy atom. The van der Waals surface area contributed by atoms with Crippen LogP contribution < -0.4 is 10.6 Å². The summed E-state index contributed by atoms with van der Waals surface area (Å²) in [5.74, 6) is 1.73. The predicted molar refractivity (Wildman–Crippen MR) is 69.8 cm³/mol. The molecular formula is C14H26N2O. The van der Waals surface area contributed by atoms with E-state index in [1.54, 1.807) is 0 Å². The van der Waals surface area contributed by atoms with Gasteiger partial charge >= 0.3 is 0 Å². The first-order valence-corrected chi connectivity index (χ1v) is 7.24. The minimum Gasteiger partial charge on any atom is -0.352 e. The van der Waals surface area contributed by atoms with Crippen molar-refractivity contribution in [1.29, 1.82) is 0 Å². The molecule has 2 aliphatic rings. The Hall–Kier alpha value is -0.570. The molecule has 1 saturated heterocycles. The van der Waals surface area contributed by atoms with Crippen molar-refractivity contribution in [3.63, 3.8) is 0 Å². The van der Waals surface area contributed by atoms with Gasteiger partial charge in [-0.1, -0.05) is 19.8 Å². The summed E-state index contributed by atoms with van der Waals surface area (Å²) in [6.07, 6.45) is 8.23. The van der Waals surface area contributed by atoms with E-state index in [0.29, 0.717) is 12.0 Å². The number of nitrogens with one attached hydrogen (secondary N) is 2. The second-order valence-electron chi connectivity index (χ2n) is 5.95. The molecule has 3 heteroatoms. The lowest BCUT2D eigenvalue weighted by Gasteiger charge is -2.28. The summed E-state index contributed by atoms with van der Waals surface area (Å²) in [4.78, 5) is 11.9. The predicted octanol–water partition coefficient (Wildman–Crippen LogP) is 2.07. The number of hydrogen-bond acceptors (Lipinski definition) is 2. The third kappa shape index (κ3) is 4.30. The molecule has 2 unspecified atom stereocenters. The number of piperidine rings is 1. The van der Waals surface area contributed by atoms with Gasteiger partial charge in [-0.3, -0.25) is 4.79 Å². The minimum absolute atomic E-state index is 0.276. The van der Waals surface area contributed by atoms with E-state index in [2.05, 4.69) is 17.6 Å². The molecule has 0 aromatic heterocycles. The van der Waals surface area contributed by atoms with Gasteiger partial charge in [0.25, 0.3) is 0 Å². The lowest BCUT2D eigenvalue weighted by atomic mass is 9.80. The van der Waals surface area contributed by atoms with E-state index in [1.807, 2.05) is 0 Å². The van der Waals surface area contributed by atoms with Gasteiger partial charge in [0.1, 0.15) is 0 Å². The highest BCUT2D eigenvalue weighted by atomic mass is 16.1. The minimum atomic E-state index is 0.276. The first-order valence-electron chi connectivity index (χ1n) is 7.24. The van der Waals surface area contributed by atoms with Crippen LogP contribution in [0.3, 0.4) is 0 Å². The second-order valence-corrected chi connectivity index (χ2v) is 5.95. The first-order chi connectivity index (χ1) is 8.24. The average molecular weight is 238 g/mol. The number of rotatable bonds is 3. The molecule has 1 saturated carbocycles. The molecule has 0 aromatic carbocycles. The molecule has 2 fully saturated rings. The molecule has 3 atom stereocenters. The van der Waals surface area contributed by atoms with E-state index in [4.69, 9.17) is 0 Å². The van der Waals surface area contributed by atoms with Crippen molar-refractivity contribution in [2.75, 3.05) is 13.1 Å². The quantitative estimate of drug-likeness (QED) is 0.790. The van der Waals surface area contributed by atoms with Crippen LogP contribution in [0, 0.1) is 11.8 Å². The lowest BCUT2D eigenvalue weighted by molar-refractivity contribution is -0.123. The van der Waals surface area contributed by atoms with Gasteiger partial charge in [0.15, 0.2) is 0 Å². The molecule has 1 amide bonds. The van der Waals surface area contributed by atoms with Crippen LogP contribution in [0.5, 0.6) is 0 Å². The van der Waals surface area contributed by atoms with E-state index in [1.165, 1.54) is 32.1 Å². The topological polar surface area (TPSA) is 41.1 Å².